The molecule has 2 rings (SSSR count). The summed E-state index contributed by atoms with van der Waals surface area (Å²) >= 11 is 0. The second-order valence-electron chi connectivity index (χ2n) is 2.79. The molecule has 0 aromatic heterocycles. The molecule has 38 valence electrons. The van der Waals surface area contributed by atoms with E-state index >= 15 is 0 Å². The highest BCUT2D eigenvalue weighted by molar-refractivity contribution is 5.20. The van der Waals surface area contributed by atoms with Crippen molar-refractivity contribution in [3.05, 3.63) is 11.6 Å². The van der Waals surface area contributed by atoms with Crippen LogP contribution in [-0.2, 0) is 0 Å². The number of hydrogen-bond donors (Lipinski definition) is 0. The Hall–Kier alpha value is -0.260. The first-order chi connectivity index (χ1) is 3.38. The van der Waals surface area contributed by atoms with Gasteiger partial charge < -0.3 is 0 Å². The van der Waals surface area contributed by atoms with Crippen molar-refractivity contribution in [2.75, 3.05) is 0 Å². The van der Waals surface area contributed by atoms with Crippen molar-refractivity contribution in [2.24, 2.45) is 11.8 Å². The molecule has 1 fully saturated rings. The van der Waals surface area contributed by atoms with E-state index in [1.165, 1.54) is 12.8 Å². The molecule has 7 heavy (non-hydrogen) atoms. The summed E-state index contributed by atoms with van der Waals surface area (Å²) in [5.74, 6) is 2.14. The molecule has 0 aliphatic heterocycles. The Labute approximate surface area is 44.2 Å². The quantitative estimate of drug-likeness (QED) is 0.402. The Morgan fingerprint density at radius 2 is 2.57 bits per heavy atom. The molecule has 0 N–H and O–H groups in total. The van der Waals surface area contributed by atoms with Crippen molar-refractivity contribution in [1.29, 1.82) is 0 Å². The van der Waals surface area contributed by atoms with Crippen LogP contribution in [-0.4, -0.2) is 0 Å². The SMILES string of the molecule is CC1=CCC2CC12. The van der Waals surface area contributed by atoms with Gasteiger partial charge in [-0.3, -0.25) is 0 Å². The minimum atomic E-state index is 1.04. The normalized spacial score (nSPS) is 45.6. The van der Waals surface area contributed by atoms with Crippen molar-refractivity contribution in [2.45, 2.75) is 19.8 Å². The standard InChI is InChI=1S/C7H10/c1-5-2-3-6-4-7(5)6/h2,6-7H,3-4H2,1H3. The van der Waals surface area contributed by atoms with Gasteiger partial charge in [-0.15, -0.1) is 0 Å². The van der Waals surface area contributed by atoms with Crippen LogP contribution in [0.15, 0.2) is 11.6 Å². The van der Waals surface area contributed by atoms with Gasteiger partial charge in [0.25, 0.3) is 0 Å². The molecular weight excluding hydrogens is 84.1 g/mol. The molecule has 2 aliphatic rings. The Bertz CT molecular complexity index is 122. The van der Waals surface area contributed by atoms with Gasteiger partial charge in [0.05, 0.1) is 0 Å². The molecule has 0 saturated heterocycles. The minimum absolute atomic E-state index is 1.04. The molecule has 2 unspecified atom stereocenters. The average molecular weight is 94.2 g/mol. The zero-order chi connectivity index (χ0) is 4.85. The largest absolute Gasteiger partial charge is 0.0850 e. The maximum atomic E-state index is 2.39. The van der Waals surface area contributed by atoms with Crippen LogP contribution in [0.5, 0.6) is 0 Å². The fraction of sp³-hybridized carbons (Fsp3) is 0.714. The highest BCUT2D eigenvalue weighted by atomic mass is 14.4. The number of rotatable bonds is 0. The smallest absolute Gasteiger partial charge is 0.0172 e. The van der Waals surface area contributed by atoms with Crippen LogP contribution in [0.4, 0.5) is 0 Å². The van der Waals surface area contributed by atoms with Gasteiger partial charge in [0, 0.05) is 0 Å². The lowest BCUT2D eigenvalue weighted by atomic mass is 10.2. The van der Waals surface area contributed by atoms with Crippen LogP contribution in [0.25, 0.3) is 0 Å². The highest BCUT2D eigenvalue weighted by Gasteiger charge is 2.40. The molecule has 1 saturated carbocycles. The van der Waals surface area contributed by atoms with Gasteiger partial charge >= 0.3 is 0 Å². The second kappa shape index (κ2) is 0.936. The molecule has 0 aromatic rings. The summed E-state index contributed by atoms with van der Waals surface area (Å²) in [7, 11) is 0. The molecule has 2 aliphatic carbocycles. The predicted octanol–water partition coefficient (Wildman–Crippen LogP) is 1.97. The number of hydrogen-bond acceptors (Lipinski definition) is 0. The zero-order valence-electron chi connectivity index (χ0n) is 4.65. The minimum Gasteiger partial charge on any atom is -0.0850 e. The third kappa shape index (κ3) is 0.370. The first-order valence-electron chi connectivity index (χ1n) is 3.04. The number of fused-ring (bicyclic) bond motifs is 1. The van der Waals surface area contributed by atoms with Gasteiger partial charge in [-0.05, 0) is 31.6 Å². The third-order valence-corrected chi connectivity index (χ3v) is 2.25. The van der Waals surface area contributed by atoms with Crippen LogP contribution in [0, 0.1) is 11.8 Å². The average Bonchev–Trinajstić information content (AvgIpc) is 2.33. The second-order valence-corrected chi connectivity index (χ2v) is 2.79. The summed E-state index contributed by atoms with van der Waals surface area (Å²) in [5.41, 5.74) is 1.66. The summed E-state index contributed by atoms with van der Waals surface area (Å²) in [6.45, 7) is 2.26. The summed E-state index contributed by atoms with van der Waals surface area (Å²) in [6.07, 6.45) is 5.28. The fourth-order valence-electron chi connectivity index (χ4n) is 1.55. The van der Waals surface area contributed by atoms with Gasteiger partial charge in [-0.25, -0.2) is 0 Å². The number of allylic oxidation sites excluding steroid dienone is 2. The zero-order valence-corrected chi connectivity index (χ0v) is 4.65. The van der Waals surface area contributed by atoms with Crippen LogP contribution in [0.1, 0.15) is 19.8 Å². The molecule has 0 bridgehead atoms. The summed E-state index contributed by atoms with van der Waals surface area (Å²) < 4.78 is 0. The van der Waals surface area contributed by atoms with Gasteiger partial charge in [0.15, 0.2) is 0 Å². The van der Waals surface area contributed by atoms with Gasteiger partial charge in [-0.2, -0.15) is 0 Å². The third-order valence-electron chi connectivity index (χ3n) is 2.25. The summed E-state index contributed by atoms with van der Waals surface area (Å²) in [6, 6.07) is 0. The maximum absolute atomic E-state index is 2.39. The molecule has 0 heteroatoms. The van der Waals surface area contributed by atoms with E-state index in [-0.39, 0.29) is 0 Å². The lowest BCUT2D eigenvalue weighted by molar-refractivity contribution is 0.845. The van der Waals surface area contributed by atoms with Gasteiger partial charge in [-0.1, -0.05) is 11.6 Å². The summed E-state index contributed by atoms with van der Waals surface area (Å²) in [5, 5.41) is 0. The van der Waals surface area contributed by atoms with E-state index in [9.17, 15) is 0 Å². The van der Waals surface area contributed by atoms with Crippen molar-refractivity contribution < 1.29 is 0 Å². The lowest BCUT2D eigenvalue weighted by Crippen LogP contribution is -1.69. The van der Waals surface area contributed by atoms with Crippen LogP contribution >= 0.6 is 0 Å². The van der Waals surface area contributed by atoms with Crippen molar-refractivity contribution in [1.82, 2.24) is 0 Å². The van der Waals surface area contributed by atoms with Crippen molar-refractivity contribution >= 4 is 0 Å². The van der Waals surface area contributed by atoms with E-state index in [2.05, 4.69) is 13.0 Å². The van der Waals surface area contributed by atoms with Crippen LogP contribution in [0.3, 0.4) is 0 Å². The topological polar surface area (TPSA) is 0 Å². The molecule has 0 radical (unpaired) electrons. The Morgan fingerprint density at radius 1 is 1.71 bits per heavy atom. The molecule has 0 spiro atoms. The molecule has 2 atom stereocenters. The fourth-order valence-corrected chi connectivity index (χ4v) is 1.55. The van der Waals surface area contributed by atoms with Gasteiger partial charge in [0.2, 0.25) is 0 Å². The van der Waals surface area contributed by atoms with E-state index in [1.807, 2.05) is 0 Å². The predicted molar refractivity (Wildman–Crippen MR) is 30.0 cm³/mol. The van der Waals surface area contributed by atoms with Crippen molar-refractivity contribution in [3.63, 3.8) is 0 Å². The van der Waals surface area contributed by atoms with E-state index in [1.54, 1.807) is 5.57 Å². The maximum Gasteiger partial charge on any atom is -0.0172 e. The van der Waals surface area contributed by atoms with E-state index in [4.69, 9.17) is 0 Å². The van der Waals surface area contributed by atoms with E-state index in [0.29, 0.717) is 0 Å². The first-order valence-corrected chi connectivity index (χ1v) is 3.04. The van der Waals surface area contributed by atoms with Crippen molar-refractivity contribution in [3.8, 4) is 0 Å². The van der Waals surface area contributed by atoms with E-state index < -0.39 is 0 Å². The Morgan fingerprint density at radius 3 is 2.71 bits per heavy atom. The summed E-state index contributed by atoms with van der Waals surface area (Å²) in [4.78, 5) is 0. The Kier molecular flexibility index (Phi) is 0.495. The molecule has 0 heterocycles. The monoisotopic (exact) mass is 94.1 g/mol. The highest BCUT2D eigenvalue weighted by Crippen LogP contribution is 2.51. The lowest BCUT2D eigenvalue weighted by Gasteiger charge is -1.84. The molecule has 0 amide bonds. The molecule has 0 aromatic carbocycles. The van der Waals surface area contributed by atoms with Gasteiger partial charge in [0.1, 0.15) is 0 Å². The molecule has 0 nitrogen and oxygen atoms in total. The van der Waals surface area contributed by atoms with E-state index in [0.717, 1.165) is 11.8 Å². The molecular formula is C7H10. The van der Waals surface area contributed by atoms with Crippen LogP contribution in [0.2, 0.25) is 0 Å². The first kappa shape index (κ1) is 3.71. The Balaban J connectivity index is 2.25. The van der Waals surface area contributed by atoms with Crippen LogP contribution < -0.4 is 0 Å².